The molecule has 0 aliphatic heterocycles. The summed E-state index contributed by atoms with van der Waals surface area (Å²) in [7, 11) is 0. The molecule has 24 heavy (non-hydrogen) atoms. The molecule has 4 heteroatoms. The molecule has 4 rings (SSSR count). The lowest BCUT2D eigenvalue weighted by atomic mass is 9.95. The molecule has 2 N–H and O–H groups in total. The summed E-state index contributed by atoms with van der Waals surface area (Å²) in [5.41, 5.74) is 2.74. The van der Waals surface area contributed by atoms with E-state index in [0.717, 1.165) is 17.4 Å². The van der Waals surface area contributed by atoms with Crippen LogP contribution in [0, 0.1) is 0 Å². The Hall–Kier alpha value is -2.10. The second-order valence-electron chi connectivity index (χ2n) is 6.49. The van der Waals surface area contributed by atoms with Crippen LogP contribution >= 0.6 is 11.6 Å². The van der Waals surface area contributed by atoms with Gasteiger partial charge in [-0.05, 0) is 36.1 Å². The first-order valence-electron chi connectivity index (χ1n) is 8.31. The van der Waals surface area contributed by atoms with Gasteiger partial charge in [-0.25, -0.2) is 4.98 Å². The van der Waals surface area contributed by atoms with Crippen molar-refractivity contribution >= 4 is 11.6 Å². The molecule has 122 valence electrons. The molecule has 0 amide bonds. The molecular weight excluding hydrogens is 318 g/mol. The number of benzene rings is 2. The third-order valence-electron chi connectivity index (χ3n) is 4.86. The number of imidazole rings is 1. The summed E-state index contributed by atoms with van der Waals surface area (Å²) in [5, 5.41) is 4.53. The van der Waals surface area contributed by atoms with Crippen LogP contribution in [0.25, 0.3) is 0 Å². The highest BCUT2D eigenvalue weighted by Gasteiger charge is 2.44. The van der Waals surface area contributed by atoms with Crippen molar-refractivity contribution in [3.05, 3.63) is 89.0 Å². The van der Waals surface area contributed by atoms with E-state index in [2.05, 4.69) is 51.7 Å². The number of halogens is 1. The van der Waals surface area contributed by atoms with Gasteiger partial charge in [-0.3, -0.25) is 0 Å². The number of aromatic nitrogens is 2. The molecule has 1 aliphatic carbocycles. The minimum Gasteiger partial charge on any atom is -0.347 e. The Morgan fingerprint density at radius 3 is 2.62 bits per heavy atom. The highest BCUT2D eigenvalue weighted by molar-refractivity contribution is 6.30. The fourth-order valence-corrected chi connectivity index (χ4v) is 3.48. The number of H-pyrrole nitrogens is 1. The van der Waals surface area contributed by atoms with Crippen LogP contribution in [0.5, 0.6) is 0 Å². The molecule has 0 spiro atoms. The topological polar surface area (TPSA) is 40.7 Å². The van der Waals surface area contributed by atoms with Gasteiger partial charge < -0.3 is 10.3 Å². The normalized spacial score (nSPS) is 16.7. The van der Waals surface area contributed by atoms with Crippen LogP contribution in [-0.2, 0) is 5.41 Å². The summed E-state index contributed by atoms with van der Waals surface area (Å²) < 4.78 is 0. The van der Waals surface area contributed by atoms with Crippen molar-refractivity contribution in [2.24, 2.45) is 0 Å². The Balaban J connectivity index is 1.56. The summed E-state index contributed by atoms with van der Waals surface area (Å²) >= 11 is 6.18. The average Bonchev–Trinajstić information content (AvgIpc) is 3.21. The molecule has 3 aromatic rings. The molecule has 1 aliphatic rings. The summed E-state index contributed by atoms with van der Waals surface area (Å²) in [5.74, 6) is 0.947. The van der Waals surface area contributed by atoms with E-state index in [1.165, 1.54) is 24.0 Å². The second-order valence-corrected chi connectivity index (χ2v) is 6.93. The van der Waals surface area contributed by atoms with E-state index in [1.54, 1.807) is 6.20 Å². The van der Waals surface area contributed by atoms with Gasteiger partial charge in [0.2, 0.25) is 0 Å². The van der Waals surface area contributed by atoms with Gasteiger partial charge in [-0.2, -0.15) is 0 Å². The minimum atomic E-state index is 0.0675. The summed E-state index contributed by atoms with van der Waals surface area (Å²) in [6.45, 7) is 0.910. The number of nitrogens with one attached hydrogen (secondary N) is 2. The number of aromatic amines is 1. The van der Waals surface area contributed by atoms with Crippen LogP contribution in [0.3, 0.4) is 0 Å². The van der Waals surface area contributed by atoms with E-state index < -0.39 is 0 Å². The maximum absolute atomic E-state index is 6.18. The van der Waals surface area contributed by atoms with Crippen molar-refractivity contribution in [2.45, 2.75) is 24.3 Å². The SMILES string of the molecule is Clc1cccc(C2(CNC(c3ccccc3)c3ncc[nH]3)CC2)c1. The minimum absolute atomic E-state index is 0.0675. The van der Waals surface area contributed by atoms with E-state index in [4.69, 9.17) is 11.6 Å². The van der Waals surface area contributed by atoms with Crippen molar-refractivity contribution in [3.8, 4) is 0 Å². The first-order chi connectivity index (χ1) is 11.8. The zero-order chi connectivity index (χ0) is 16.4. The number of nitrogens with zero attached hydrogens (tertiary/aromatic N) is 1. The smallest absolute Gasteiger partial charge is 0.127 e. The molecule has 1 atom stereocenters. The van der Waals surface area contributed by atoms with Gasteiger partial charge in [0, 0.05) is 29.4 Å². The van der Waals surface area contributed by atoms with Crippen LogP contribution in [0.1, 0.15) is 35.8 Å². The van der Waals surface area contributed by atoms with Crippen molar-refractivity contribution in [3.63, 3.8) is 0 Å². The molecule has 1 aromatic heterocycles. The molecule has 1 heterocycles. The van der Waals surface area contributed by atoms with Crippen LogP contribution in [0.15, 0.2) is 67.0 Å². The van der Waals surface area contributed by atoms with Gasteiger partial charge in [0.05, 0.1) is 6.04 Å². The number of hydrogen-bond donors (Lipinski definition) is 2. The average molecular weight is 338 g/mol. The second kappa shape index (κ2) is 6.42. The van der Waals surface area contributed by atoms with E-state index in [9.17, 15) is 0 Å². The summed E-state index contributed by atoms with van der Waals surface area (Å²) in [6, 6.07) is 18.8. The van der Waals surface area contributed by atoms with E-state index in [-0.39, 0.29) is 11.5 Å². The van der Waals surface area contributed by atoms with Crippen molar-refractivity contribution < 1.29 is 0 Å². The molecule has 1 saturated carbocycles. The predicted molar refractivity (Wildman–Crippen MR) is 97.2 cm³/mol. The molecule has 1 fully saturated rings. The Morgan fingerprint density at radius 1 is 1.12 bits per heavy atom. The van der Waals surface area contributed by atoms with E-state index >= 15 is 0 Å². The standard InChI is InChI=1S/C20H20ClN3/c21-17-8-4-7-16(13-17)20(9-10-20)14-24-18(19-22-11-12-23-19)15-5-2-1-3-6-15/h1-8,11-13,18,24H,9-10,14H2,(H,22,23). The molecule has 0 saturated heterocycles. The third kappa shape index (κ3) is 3.10. The summed E-state index contributed by atoms with van der Waals surface area (Å²) in [6.07, 6.45) is 6.06. The van der Waals surface area contributed by atoms with Crippen molar-refractivity contribution in [1.29, 1.82) is 0 Å². The fourth-order valence-electron chi connectivity index (χ4n) is 3.29. The van der Waals surface area contributed by atoms with Gasteiger partial charge in [0.1, 0.15) is 5.82 Å². The highest BCUT2D eigenvalue weighted by Crippen LogP contribution is 2.48. The zero-order valence-electron chi connectivity index (χ0n) is 13.4. The lowest BCUT2D eigenvalue weighted by molar-refractivity contribution is 0.516. The number of rotatable bonds is 6. The highest BCUT2D eigenvalue weighted by atomic mass is 35.5. The Labute approximate surface area is 147 Å². The molecule has 3 nitrogen and oxygen atoms in total. The first-order valence-corrected chi connectivity index (χ1v) is 8.68. The first kappa shape index (κ1) is 15.4. The maximum atomic E-state index is 6.18. The van der Waals surface area contributed by atoms with Gasteiger partial charge >= 0.3 is 0 Å². The molecule has 2 aromatic carbocycles. The molecule has 1 unspecified atom stereocenters. The Bertz CT molecular complexity index is 795. The largest absolute Gasteiger partial charge is 0.347 e. The van der Waals surface area contributed by atoms with Crippen molar-refractivity contribution in [1.82, 2.24) is 15.3 Å². The van der Waals surface area contributed by atoms with Crippen LogP contribution < -0.4 is 5.32 Å². The lowest BCUT2D eigenvalue weighted by Gasteiger charge is -2.22. The number of hydrogen-bond acceptors (Lipinski definition) is 2. The van der Waals surface area contributed by atoms with Crippen LogP contribution in [0.4, 0.5) is 0 Å². The van der Waals surface area contributed by atoms with Gasteiger partial charge in [0.15, 0.2) is 0 Å². The van der Waals surface area contributed by atoms with Crippen LogP contribution in [-0.4, -0.2) is 16.5 Å². The van der Waals surface area contributed by atoms with Gasteiger partial charge in [-0.1, -0.05) is 54.1 Å². The monoisotopic (exact) mass is 337 g/mol. The van der Waals surface area contributed by atoms with Crippen LogP contribution in [0.2, 0.25) is 5.02 Å². The molecule has 0 radical (unpaired) electrons. The third-order valence-corrected chi connectivity index (χ3v) is 5.10. The quantitative estimate of drug-likeness (QED) is 0.696. The Morgan fingerprint density at radius 2 is 1.96 bits per heavy atom. The van der Waals surface area contributed by atoms with Gasteiger partial charge in [-0.15, -0.1) is 0 Å². The van der Waals surface area contributed by atoms with E-state index in [0.29, 0.717) is 0 Å². The Kier molecular flexibility index (Phi) is 4.13. The zero-order valence-corrected chi connectivity index (χ0v) is 14.1. The predicted octanol–water partition coefficient (Wildman–Crippen LogP) is 4.47. The summed E-state index contributed by atoms with van der Waals surface area (Å²) in [4.78, 5) is 7.71. The molecule has 0 bridgehead atoms. The molecular formula is C20H20ClN3. The maximum Gasteiger partial charge on any atom is 0.127 e. The lowest BCUT2D eigenvalue weighted by Crippen LogP contribution is -2.31. The van der Waals surface area contributed by atoms with Gasteiger partial charge in [0.25, 0.3) is 0 Å². The van der Waals surface area contributed by atoms with E-state index in [1.807, 2.05) is 24.4 Å². The fraction of sp³-hybridized carbons (Fsp3) is 0.250. The van der Waals surface area contributed by atoms with Crippen molar-refractivity contribution in [2.75, 3.05) is 6.54 Å².